The summed E-state index contributed by atoms with van der Waals surface area (Å²) in [6.45, 7) is 7.01. The van der Waals surface area contributed by atoms with Crippen LogP contribution in [0.4, 0.5) is 5.69 Å². The fourth-order valence-electron chi connectivity index (χ4n) is 4.62. The number of nitrogens with zero attached hydrogens (tertiary/aromatic N) is 1. The first-order valence-electron chi connectivity index (χ1n) is 11.8. The monoisotopic (exact) mass is 490 g/mol. The van der Waals surface area contributed by atoms with Crippen molar-refractivity contribution in [2.75, 3.05) is 18.4 Å². The van der Waals surface area contributed by atoms with E-state index in [0.29, 0.717) is 47.3 Å². The van der Waals surface area contributed by atoms with Gasteiger partial charge in [0, 0.05) is 29.8 Å². The number of anilines is 1. The number of hydrogen-bond donors (Lipinski definition) is 1. The van der Waals surface area contributed by atoms with E-state index in [1.54, 1.807) is 36.4 Å². The zero-order valence-corrected chi connectivity index (χ0v) is 21.0. The molecule has 1 fully saturated rings. The molecule has 1 aliphatic rings. The molecule has 6 nitrogen and oxygen atoms in total. The standard InChI is InChI=1S/C28H30N2O4S/c1-19-9-14-26(25(16-19)27(31)22-7-5-4-6-8-22)29-28(32)23-10-12-24(13-11-23)35(33,34)30-17-20(2)15-21(3)18-30/h4-14,16,20-21H,15,17-18H2,1-3H3,(H,29,32)/t20-,21-/m1/s1. The molecule has 4 rings (SSSR count). The number of aryl methyl sites for hydroxylation is 1. The summed E-state index contributed by atoms with van der Waals surface area (Å²) in [6, 6.07) is 20.1. The van der Waals surface area contributed by atoms with Gasteiger partial charge in [-0.15, -0.1) is 0 Å². The van der Waals surface area contributed by atoms with Crippen LogP contribution >= 0.6 is 0 Å². The molecule has 0 aromatic heterocycles. The Hall–Kier alpha value is -3.29. The van der Waals surface area contributed by atoms with Gasteiger partial charge >= 0.3 is 0 Å². The van der Waals surface area contributed by atoms with Crippen molar-refractivity contribution in [3.05, 3.63) is 95.1 Å². The summed E-state index contributed by atoms with van der Waals surface area (Å²) < 4.78 is 27.8. The number of rotatable bonds is 6. The highest BCUT2D eigenvalue weighted by molar-refractivity contribution is 7.89. The third kappa shape index (κ3) is 5.52. The predicted octanol–water partition coefficient (Wildman–Crippen LogP) is 5.14. The van der Waals surface area contributed by atoms with Gasteiger partial charge in [0.25, 0.3) is 5.91 Å². The zero-order valence-electron chi connectivity index (χ0n) is 20.2. The third-order valence-corrected chi connectivity index (χ3v) is 8.14. The van der Waals surface area contributed by atoms with E-state index < -0.39 is 15.9 Å². The summed E-state index contributed by atoms with van der Waals surface area (Å²) in [7, 11) is -3.63. The van der Waals surface area contributed by atoms with Gasteiger partial charge in [0.05, 0.1) is 10.6 Å². The number of carbonyl (C=O) groups excluding carboxylic acids is 2. The van der Waals surface area contributed by atoms with E-state index in [2.05, 4.69) is 19.2 Å². The molecule has 2 atom stereocenters. The molecule has 7 heteroatoms. The molecule has 35 heavy (non-hydrogen) atoms. The van der Waals surface area contributed by atoms with Crippen molar-refractivity contribution < 1.29 is 18.0 Å². The fourth-order valence-corrected chi connectivity index (χ4v) is 6.30. The molecule has 0 unspecified atom stereocenters. The fraction of sp³-hybridized carbons (Fsp3) is 0.286. The number of benzene rings is 3. The Balaban J connectivity index is 1.54. The number of sulfonamides is 1. The maximum absolute atomic E-state index is 13.1. The van der Waals surface area contributed by atoms with Gasteiger partial charge in [-0.05, 0) is 61.6 Å². The Morgan fingerprint density at radius 1 is 0.857 bits per heavy atom. The van der Waals surface area contributed by atoms with Gasteiger partial charge < -0.3 is 5.32 Å². The number of hydrogen-bond acceptors (Lipinski definition) is 4. The Bertz CT molecular complexity index is 1330. The second kappa shape index (κ2) is 10.1. The van der Waals surface area contributed by atoms with Crippen LogP contribution in [-0.2, 0) is 10.0 Å². The van der Waals surface area contributed by atoms with Crippen molar-refractivity contribution in [3.8, 4) is 0 Å². The highest BCUT2D eigenvalue weighted by Crippen LogP contribution is 2.27. The molecule has 0 radical (unpaired) electrons. The number of carbonyl (C=O) groups is 2. The quantitative estimate of drug-likeness (QED) is 0.485. The second-order valence-corrected chi connectivity index (χ2v) is 11.4. The molecule has 1 amide bonds. The first-order chi connectivity index (χ1) is 16.6. The lowest BCUT2D eigenvalue weighted by Crippen LogP contribution is -2.42. The van der Waals surface area contributed by atoms with Crippen LogP contribution in [0.5, 0.6) is 0 Å². The molecule has 1 aliphatic heterocycles. The average molecular weight is 491 g/mol. The van der Waals surface area contributed by atoms with E-state index in [1.807, 2.05) is 19.1 Å². The van der Waals surface area contributed by atoms with Gasteiger partial charge in [-0.3, -0.25) is 9.59 Å². The normalized spacial score (nSPS) is 18.7. The zero-order chi connectivity index (χ0) is 25.2. The summed E-state index contributed by atoms with van der Waals surface area (Å²) in [5, 5.41) is 2.82. The van der Waals surface area contributed by atoms with Crippen LogP contribution in [0.2, 0.25) is 0 Å². The third-order valence-electron chi connectivity index (χ3n) is 6.29. The summed E-state index contributed by atoms with van der Waals surface area (Å²) in [5.74, 6) is 0.0120. The molecule has 0 spiro atoms. The Morgan fingerprint density at radius 3 is 2.11 bits per heavy atom. The first-order valence-corrected chi connectivity index (χ1v) is 13.2. The maximum atomic E-state index is 13.1. The number of amides is 1. The topological polar surface area (TPSA) is 83.6 Å². The van der Waals surface area contributed by atoms with Crippen molar-refractivity contribution >= 4 is 27.4 Å². The summed E-state index contributed by atoms with van der Waals surface area (Å²) in [4.78, 5) is 26.2. The van der Waals surface area contributed by atoms with Crippen molar-refractivity contribution in [2.24, 2.45) is 11.8 Å². The predicted molar refractivity (Wildman–Crippen MR) is 137 cm³/mol. The lowest BCUT2D eigenvalue weighted by Gasteiger charge is -2.34. The van der Waals surface area contributed by atoms with E-state index in [4.69, 9.17) is 0 Å². The Labute approximate surface area is 207 Å². The van der Waals surface area contributed by atoms with Gasteiger partial charge in [0.2, 0.25) is 10.0 Å². The lowest BCUT2D eigenvalue weighted by atomic mass is 9.94. The summed E-state index contributed by atoms with van der Waals surface area (Å²) in [6.07, 6.45) is 1.01. The molecule has 1 saturated heterocycles. The molecule has 1 N–H and O–H groups in total. The van der Waals surface area contributed by atoms with E-state index >= 15 is 0 Å². The molecule has 0 aliphatic carbocycles. The molecule has 3 aromatic rings. The van der Waals surface area contributed by atoms with Crippen molar-refractivity contribution in [1.29, 1.82) is 0 Å². The van der Waals surface area contributed by atoms with Crippen molar-refractivity contribution in [1.82, 2.24) is 4.31 Å². The van der Waals surface area contributed by atoms with Gasteiger partial charge in [0.1, 0.15) is 0 Å². The lowest BCUT2D eigenvalue weighted by molar-refractivity contribution is 0.102. The molecular weight excluding hydrogens is 460 g/mol. The highest BCUT2D eigenvalue weighted by atomic mass is 32.2. The van der Waals surface area contributed by atoms with Crippen LogP contribution in [0, 0.1) is 18.8 Å². The summed E-state index contributed by atoms with van der Waals surface area (Å²) in [5.41, 5.74) is 2.55. The van der Waals surface area contributed by atoms with Crippen LogP contribution < -0.4 is 5.32 Å². The van der Waals surface area contributed by atoms with E-state index in [0.717, 1.165) is 12.0 Å². The minimum atomic E-state index is -3.63. The smallest absolute Gasteiger partial charge is 0.255 e. The van der Waals surface area contributed by atoms with Crippen LogP contribution in [0.1, 0.15) is 52.1 Å². The highest BCUT2D eigenvalue weighted by Gasteiger charge is 2.31. The maximum Gasteiger partial charge on any atom is 0.255 e. The number of ketones is 1. The van der Waals surface area contributed by atoms with Gasteiger partial charge in [-0.2, -0.15) is 4.31 Å². The summed E-state index contributed by atoms with van der Waals surface area (Å²) >= 11 is 0. The minimum absolute atomic E-state index is 0.172. The minimum Gasteiger partial charge on any atom is -0.321 e. The first kappa shape index (κ1) is 24.8. The van der Waals surface area contributed by atoms with Crippen molar-refractivity contribution in [3.63, 3.8) is 0 Å². The van der Waals surface area contributed by atoms with Crippen LogP contribution in [0.15, 0.2) is 77.7 Å². The molecule has 3 aromatic carbocycles. The van der Waals surface area contributed by atoms with E-state index in [9.17, 15) is 18.0 Å². The van der Waals surface area contributed by atoms with Crippen LogP contribution in [-0.4, -0.2) is 37.5 Å². The van der Waals surface area contributed by atoms with Crippen LogP contribution in [0.3, 0.4) is 0 Å². The molecule has 0 saturated carbocycles. The Kier molecular flexibility index (Phi) is 7.19. The van der Waals surface area contributed by atoms with Gasteiger partial charge in [-0.25, -0.2) is 8.42 Å². The Morgan fingerprint density at radius 2 is 1.49 bits per heavy atom. The van der Waals surface area contributed by atoms with E-state index in [-0.39, 0.29) is 10.7 Å². The van der Waals surface area contributed by atoms with Gasteiger partial charge in [0.15, 0.2) is 5.78 Å². The number of nitrogens with one attached hydrogen (secondary N) is 1. The largest absolute Gasteiger partial charge is 0.321 e. The average Bonchev–Trinajstić information content (AvgIpc) is 2.84. The molecule has 182 valence electrons. The van der Waals surface area contributed by atoms with Crippen molar-refractivity contribution in [2.45, 2.75) is 32.1 Å². The number of piperidine rings is 1. The van der Waals surface area contributed by atoms with Crippen LogP contribution in [0.25, 0.3) is 0 Å². The molecular formula is C28H30N2O4S. The second-order valence-electron chi connectivity index (χ2n) is 9.49. The SMILES string of the molecule is Cc1ccc(NC(=O)c2ccc(S(=O)(=O)N3C[C@H](C)C[C@@H](C)C3)cc2)c(C(=O)c2ccccc2)c1. The van der Waals surface area contributed by atoms with E-state index in [1.165, 1.54) is 28.6 Å². The van der Waals surface area contributed by atoms with Gasteiger partial charge in [-0.1, -0.05) is 55.8 Å². The molecule has 0 bridgehead atoms. The molecule has 1 heterocycles.